The molecule has 0 bridgehead atoms. The first kappa shape index (κ1) is 14.2. The van der Waals surface area contributed by atoms with E-state index in [0.717, 1.165) is 21.7 Å². The summed E-state index contributed by atoms with van der Waals surface area (Å²) < 4.78 is 27.4. The fourth-order valence-corrected chi connectivity index (χ4v) is 2.19. The van der Waals surface area contributed by atoms with Crippen LogP contribution in [-0.2, 0) is 6.42 Å². The molecular weight excluding hydrogens is 312 g/mol. The predicted molar refractivity (Wildman–Crippen MR) is 75.9 cm³/mol. The molecule has 0 aromatic heterocycles. The molecule has 0 aliphatic carbocycles. The highest BCUT2D eigenvalue weighted by molar-refractivity contribution is 9.10. The van der Waals surface area contributed by atoms with Crippen LogP contribution in [-0.4, -0.2) is 0 Å². The minimum Gasteiger partial charge on any atom is -0.324 e. The maximum absolute atomic E-state index is 13.6. The van der Waals surface area contributed by atoms with Gasteiger partial charge >= 0.3 is 0 Å². The second-order valence-corrected chi connectivity index (χ2v) is 5.41. The van der Waals surface area contributed by atoms with Gasteiger partial charge in [-0.1, -0.05) is 34.1 Å². The van der Waals surface area contributed by atoms with Crippen LogP contribution < -0.4 is 5.73 Å². The van der Waals surface area contributed by atoms with Crippen LogP contribution in [0.15, 0.2) is 40.9 Å². The maximum atomic E-state index is 13.6. The van der Waals surface area contributed by atoms with Gasteiger partial charge in [0.05, 0.1) is 0 Å². The van der Waals surface area contributed by atoms with Crippen LogP contribution >= 0.6 is 15.9 Å². The van der Waals surface area contributed by atoms with E-state index >= 15 is 0 Å². The van der Waals surface area contributed by atoms with E-state index in [1.165, 1.54) is 12.1 Å². The van der Waals surface area contributed by atoms with Gasteiger partial charge in [-0.05, 0) is 42.2 Å². The Hall–Kier alpha value is -1.26. The zero-order valence-electron chi connectivity index (χ0n) is 10.5. The van der Waals surface area contributed by atoms with Crippen molar-refractivity contribution in [1.82, 2.24) is 0 Å². The van der Waals surface area contributed by atoms with Crippen molar-refractivity contribution >= 4 is 15.9 Å². The first-order valence-corrected chi connectivity index (χ1v) is 6.72. The molecule has 1 atom stereocenters. The third kappa shape index (κ3) is 3.39. The highest BCUT2D eigenvalue weighted by Crippen LogP contribution is 2.23. The highest BCUT2D eigenvalue weighted by Gasteiger charge is 2.12. The topological polar surface area (TPSA) is 26.0 Å². The zero-order valence-corrected chi connectivity index (χ0v) is 12.0. The van der Waals surface area contributed by atoms with Gasteiger partial charge < -0.3 is 5.73 Å². The summed E-state index contributed by atoms with van der Waals surface area (Å²) in [6.07, 6.45) is 0.340. The third-order valence-electron chi connectivity index (χ3n) is 3.07. The zero-order chi connectivity index (χ0) is 14.0. The van der Waals surface area contributed by atoms with Crippen LogP contribution in [0.2, 0.25) is 0 Å². The predicted octanol–water partition coefficient (Wildman–Crippen LogP) is 4.28. The van der Waals surface area contributed by atoms with E-state index in [1.807, 2.05) is 25.1 Å². The molecule has 0 fully saturated rings. The average Bonchev–Trinajstić information content (AvgIpc) is 2.36. The molecular formula is C15H14BrF2N. The van der Waals surface area contributed by atoms with Crippen molar-refractivity contribution < 1.29 is 8.78 Å². The molecule has 100 valence electrons. The molecule has 1 nitrogen and oxygen atoms in total. The summed E-state index contributed by atoms with van der Waals surface area (Å²) in [7, 11) is 0. The lowest BCUT2D eigenvalue weighted by Crippen LogP contribution is -2.14. The molecule has 2 aromatic rings. The minimum atomic E-state index is -0.575. The molecule has 19 heavy (non-hydrogen) atoms. The van der Waals surface area contributed by atoms with E-state index in [2.05, 4.69) is 15.9 Å². The Bertz CT molecular complexity index is 599. The Morgan fingerprint density at radius 2 is 1.89 bits per heavy atom. The van der Waals surface area contributed by atoms with Gasteiger partial charge in [-0.15, -0.1) is 0 Å². The van der Waals surface area contributed by atoms with E-state index in [9.17, 15) is 8.78 Å². The molecule has 4 heteroatoms. The van der Waals surface area contributed by atoms with Crippen molar-refractivity contribution in [2.24, 2.45) is 5.73 Å². The standard InChI is InChI=1S/C15H14BrF2N/c1-9-6-11(3-5-13(9)16)15(19)7-10-2-4-12(17)8-14(10)18/h2-6,8,15H,7,19H2,1H3. The Labute approximate surface area is 119 Å². The second-order valence-electron chi connectivity index (χ2n) is 4.55. The summed E-state index contributed by atoms with van der Waals surface area (Å²) in [4.78, 5) is 0. The van der Waals surface area contributed by atoms with Gasteiger partial charge in [0.2, 0.25) is 0 Å². The van der Waals surface area contributed by atoms with Gasteiger partial charge in [0, 0.05) is 16.6 Å². The van der Waals surface area contributed by atoms with Crippen LogP contribution in [0.5, 0.6) is 0 Å². The molecule has 0 aliphatic rings. The largest absolute Gasteiger partial charge is 0.324 e. The molecule has 0 saturated heterocycles. The van der Waals surface area contributed by atoms with Crippen molar-refractivity contribution in [3.05, 3.63) is 69.2 Å². The molecule has 0 spiro atoms. The van der Waals surface area contributed by atoms with E-state index in [4.69, 9.17) is 5.73 Å². The summed E-state index contributed by atoms with van der Waals surface area (Å²) in [6, 6.07) is 9.06. The number of nitrogens with two attached hydrogens (primary N) is 1. The van der Waals surface area contributed by atoms with E-state index in [-0.39, 0.29) is 6.04 Å². The van der Waals surface area contributed by atoms with Crippen LogP contribution in [0.4, 0.5) is 8.78 Å². The quantitative estimate of drug-likeness (QED) is 0.895. The SMILES string of the molecule is Cc1cc(C(N)Cc2ccc(F)cc2F)ccc1Br. The molecule has 1 unspecified atom stereocenters. The van der Waals surface area contributed by atoms with E-state index in [1.54, 1.807) is 0 Å². The van der Waals surface area contributed by atoms with Gasteiger partial charge in [-0.2, -0.15) is 0 Å². The van der Waals surface area contributed by atoms with Crippen molar-refractivity contribution in [1.29, 1.82) is 0 Å². The maximum Gasteiger partial charge on any atom is 0.129 e. The van der Waals surface area contributed by atoms with Crippen LogP contribution in [0, 0.1) is 18.6 Å². The fraction of sp³-hybridized carbons (Fsp3) is 0.200. The molecule has 0 aliphatic heterocycles. The molecule has 0 radical (unpaired) electrons. The van der Waals surface area contributed by atoms with Crippen molar-refractivity contribution in [3.63, 3.8) is 0 Å². The Kier molecular flexibility index (Phi) is 4.32. The average molecular weight is 326 g/mol. The lowest BCUT2D eigenvalue weighted by Gasteiger charge is -2.14. The third-order valence-corrected chi connectivity index (χ3v) is 3.95. The Morgan fingerprint density at radius 3 is 2.53 bits per heavy atom. The fourth-order valence-electron chi connectivity index (χ4n) is 1.94. The molecule has 0 saturated carbocycles. The summed E-state index contributed by atoms with van der Waals surface area (Å²) in [5.74, 6) is -1.13. The lowest BCUT2D eigenvalue weighted by molar-refractivity contribution is 0.563. The van der Waals surface area contributed by atoms with Gasteiger partial charge in [0.1, 0.15) is 11.6 Å². The summed E-state index contributed by atoms with van der Waals surface area (Å²) >= 11 is 3.42. The molecule has 2 rings (SSSR count). The van der Waals surface area contributed by atoms with Crippen LogP contribution in [0.25, 0.3) is 0 Å². The summed E-state index contributed by atoms with van der Waals surface area (Å²) in [5, 5.41) is 0. The monoisotopic (exact) mass is 325 g/mol. The first-order chi connectivity index (χ1) is 8.97. The number of halogens is 3. The lowest BCUT2D eigenvalue weighted by atomic mass is 9.98. The van der Waals surface area contributed by atoms with E-state index < -0.39 is 11.6 Å². The number of rotatable bonds is 3. The molecule has 0 amide bonds. The number of aryl methyl sites for hydroxylation is 1. The highest BCUT2D eigenvalue weighted by atomic mass is 79.9. The van der Waals surface area contributed by atoms with Gasteiger partial charge in [-0.3, -0.25) is 0 Å². The summed E-state index contributed by atoms with van der Waals surface area (Å²) in [6.45, 7) is 1.97. The minimum absolute atomic E-state index is 0.313. The Morgan fingerprint density at radius 1 is 1.16 bits per heavy atom. The normalized spacial score (nSPS) is 12.5. The van der Waals surface area contributed by atoms with Gasteiger partial charge in [0.25, 0.3) is 0 Å². The van der Waals surface area contributed by atoms with Gasteiger partial charge in [-0.25, -0.2) is 8.78 Å². The van der Waals surface area contributed by atoms with Crippen LogP contribution in [0.1, 0.15) is 22.7 Å². The smallest absolute Gasteiger partial charge is 0.129 e. The molecule has 2 N–H and O–H groups in total. The molecule has 0 heterocycles. The van der Waals surface area contributed by atoms with E-state index in [0.29, 0.717) is 12.0 Å². The summed E-state index contributed by atoms with van der Waals surface area (Å²) in [5.41, 5.74) is 8.51. The number of hydrogen-bond acceptors (Lipinski definition) is 1. The van der Waals surface area contributed by atoms with Crippen molar-refractivity contribution in [3.8, 4) is 0 Å². The first-order valence-electron chi connectivity index (χ1n) is 5.93. The van der Waals surface area contributed by atoms with Crippen molar-refractivity contribution in [2.45, 2.75) is 19.4 Å². The number of hydrogen-bond donors (Lipinski definition) is 1. The van der Waals surface area contributed by atoms with Crippen LogP contribution in [0.3, 0.4) is 0 Å². The van der Waals surface area contributed by atoms with Crippen molar-refractivity contribution in [2.75, 3.05) is 0 Å². The second kappa shape index (κ2) is 5.80. The molecule has 2 aromatic carbocycles. The number of benzene rings is 2. The van der Waals surface area contributed by atoms with Gasteiger partial charge in [0.15, 0.2) is 0 Å². The Balaban J connectivity index is 2.20.